The van der Waals surface area contributed by atoms with Crippen molar-refractivity contribution in [1.82, 2.24) is 9.78 Å². The molecule has 0 aliphatic heterocycles. The molecule has 19 heavy (non-hydrogen) atoms. The average molecular weight is 279 g/mol. The topological polar surface area (TPSA) is 61.2 Å². The number of nitrogens with zero attached hydrogens (tertiary/aromatic N) is 2. The van der Waals surface area contributed by atoms with Gasteiger partial charge in [-0.25, -0.2) is 9.48 Å². The van der Waals surface area contributed by atoms with Crippen LogP contribution < -0.4 is 0 Å². The van der Waals surface area contributed by atoms with Crippen LogP contribution in [0.3, 0.4) is 0 Å². The fraction of sp³-hybridized carbons (Fsp3) is 0.154. The van der Waals surface area contributed by atoms with Crippen molar-refractivity contribution in [1.29, 1.82) is 0 Å². The van der Waals surface area contributed by atoms with Crippen LogP contribution in [0.15, 0.2) is 30.6 Å². The van der Waals surface area contributed by atoms with Crippen LogP contribution >= 0.6 is 11.6 Å². The van der Waals surface area contributed by atoms with Gasteiger partial charge in [0.1, 0.15) is 0 Å². The number of benzene rings is 1. The summed E-state index contributed by atoms with van der Waals surface area (Å²) in [6.07, 6.45) is 3.54. The number of carbonyl (C=O) groups excluding carboxylic acids is 2. The van der Waals surface area contributed by atoms with Crippen molar-refractivity contribution in [3.63, 3.8) is 0 Å². The van der Waals surface area contributed by atoms with E-state index in [1.807, 2.05) is 0 Å². The van der Waals surface area contributed by atoms with E-state index in [0.29, 0.717) is 28.1 Å². The molecule has 0 spiro atoms. The Bertz CT molecular complexity index is 622. The summed E-state index contributed by atoms with van der Waals surface area (Å²) in [4.78, 5) is 22.6. The van der Waals surface area contributed by atoms with E-state index in [1.165, 1.54) is 17.1 Å². The van der Waals surface area contributed by atoms with Crippen molar-refractivity contribution < 1.29 is 14.3 Å². The quantitative estimate of drug-likeness (QED) is 0.637. The van der Waals surface area contributed by atoms with Gasteiger partial charge in [-0.15, -0.1) is 0 Å². The second-order valence-corrected chi connectivity index (χ2v) is 4.10. The molecule has 2 rings (SSSR count). The number of para-hydroxylation sites is 1. The van der Waals surface area contributed by atoms with Gasteiger partial charge in [-0.05, 0) is 19.1 Å². The third kappa shape index (κ3) is 2.66. The predicted octanol–water partition coefficient (Wildman–Crippen LogP) is 2.51. The lowest BCUT2D eigenvalue weighted by Gasteiger charge is -2.06. The van der Waals surface area contributed by atoms with Crippen molar-refractivity contribution in [2.24, 2.45) is 0 Å². The highest BCUT2D eigenvalue weighted by atomic mass is 35.5. The monoisotopic (exact) mass is 278 g/mol. The van der Waals surface area contributed by atoms with Gasteiger partial charge in [0.15, 0.2) is 6.29 Å². The minimum absolute atomic E-state index is 0.287. The van der Waals surface area contributed by atoms with Crippen LogP contribution in [0, 0.1) is 0 Å². The van der Waals surface area contributed by atoms with Crippen LogP contribution in [0.2, 0.25) is 5.02 Å². The summed E-state index contributed by atoms with van der Waals surface area (Å²) >= 11 is 6.06. The van der Waals surface area contributed by atoms with E-state index in [-0.39, 0.29) is 6.61 Å². The minimum atomic E-state index is -0.464. The summed E-state index contributed by atoms with van der Waals surface area (Å²) < 4.78 is 6.26. The van der Waals surface area contributed by atoms with Gasteiger partial charge in [-0.2, -0.15) is 5.10 Å². The molecule has 0 bridgehead atoms. The fourth-order valence-electron chi connectivity index (χ4n) is 1.63. The molecule has 0 aliphatic rings. The van der Waals surface area contributed by atoms with E-state index in [4.69, 9.17) is 16.3 Å². The molecule has 0 fully saturated rings. The standard InChI is InChI=1S/C13H11ClN2O3/c1-2-19-13(18)10-6-15-16(7-10)12-9(8-17)4-3-5-11(12)14/h3-8H,2H2,1H3. The van der Waals surface area contributed by atoms with Gasteiger partial charge in [0, 0.05) is 11.8 Å². The summed E-state index contributed by atoms with van der Waals surface area (Å²) in [6, 6.07) is 4.95. The first-order chi connectivity index (χ1) is 9.17. The van der Waals surface area contributed by atoms with Crippen molar-refractivity contribution >= 4 is 23.9 Å². The first-order valence-corrected chi connectivity index (χ1v) is 6.01. The van der Waals surface area contributed by atoms with Crippen LogP contribution in [0.25, 0.3) is 5.69 Å². The Morgan fingerprint density at radius 1 is 1.53 bits per heavy atom. The number of aldehydes is 1. The molecule has 0 amide bonds. The molecule has 0 atom stereocenters. The number of hydrogen-bond donors (Lipinski definition) is 0. The highest BCUT2D eigenvalue weighted by Gasteiger charge is 2.14. The van der Waals surface area contributed by atoms with Gasteiger partial charge >= 0.3 is 5.97 Å². The Balaban J connectivity index is 2.43. The van der Waals surface area contributed by atoms with Crippen molar-refractivity contribution in [3.8, 4) is 5.69 Å². The van der Waals surface area contributed by atoms with Crippen LogP contribution in [0.5, 0.6) is 0 Å². The summed E-state index contributed by atoms with van der Waals surface area (Å²) in [5, 5.41) is 4.41. The molecule has 6 heteroatoms. The van der Waals surface area contributed by atoms with Gasteiger partial charge < -0.3 is 4.74 Å². The van der Waals surface area contributed by atoms with E-state index in [0.717, 1.165) is 0 Å². The lowest BCUT2D eigenvalue weighted by Crippen LogP contribution is -2.04. The van der Waals surface area contributed by atoms with Gasteiger partial charge in [-0.3, -0.25) is 4.79 Å². The average Bonchev–Trinajstić information content (AvgIpc) is 2.88. The van der Waals surface area contributed by atoms with E-state index < -0.39 is 5.97 Å². The van der Waals surface area contributed by atoms with Gasteiger partial charge in [0.25, 0.3) is 0 Å². The summed E-state index contributed by atoms with van der Waals surface area (Å²) in [5.74, 6) is -0.464. The van der Waals surface area contributed by atoms with Gasteiger partial charge in [0.05, 0.1) is 29.1 Å². The van der Waals surface area contributed by atoms with Crippen molar-refractivity contribution in [2.45, 2.75) is 6.92 Å². The zero-order valence-electron chi connectivity index (χ0n) is 10.2. The predicted molar refractivity (Wildman–Crippen MR) is 69.9 cm³/mol. The highest BCUT2D eigenvalue weighted by molar-refractivity contribution is 6.32. The number of hydrogen-bond acceptors (Lipinski definition) is 4. The Labute approximate surface area is 114 Å². The maximum Gasteiger partial charge on any atom is 0.341 e. The number of aromatic nitrogens is 2. The number of ether oxygens (including phenoxy) is 1. The lowest BCUT2D eigenvalue weighted by atomic mass is 10.2. The molecule has 1 heterocycles. The van der Waals surface area contributed by atoms with Gasteiger partial charge in [0.2, 0.25) is 0 Å². The van der Waals surface area contributed by atoms with E-state index in [9.17, 15) is 9.59 Å². The van der Waals surface area contributed by atoms with Crippen LogP contribution in [-0.4, -0.2) is 28.6 Å². The lowest BCUT2D eigenvalue weighted by molar-refractivity contribution is 0.0526. The minimum Gasteiger partial charge on any atom is -0.462 e. The molecule has 0 unspecified atom stereocenters. The first kappa shape index (κ1) is 13.3. The number of carbonyl (C=O) groups is 2. The Kier molecular flexibility index (Phi) is 3.97. The molecular formula is C13H11ClN2O3. The Morgan fingerprint density at radius 3 is 3.00 bits per heavy atom. The zero-order chi connectivity index (χ0) is 13.8. The van der Waals surface area contributed by atoms with Crippen molar-refractivity contribution in [2.75, 3.05) is 6.61 Å². The Hall–Kier alpha value is -2.14. The van der Waals surface area contributed by atoms with Crippen LogP contribution in [0.4, 0.5) is 0 Å². The molecule has 0 N–H and O–H groups in total. The van der Waals surface area contributed by atoms with Crippen molar-refractivity contribution in [3.05, 3.63) is 46.7 Å². The van der Waals surface area contributed by atoms with E-state index in [2.05, 4.69) is 5.10 Å². The molecule has 98 valence electrons. The Morgan fingerprint density at radius 2 is 2.32 bits per heavy atom. The second-order valence-electron chi connectivity index (χ2n) is 3.69. The smallest absolute Gasteiger partial charge is 0.341 e. The fourth-order valence-corrected chi connectivity index (χ4v) is 1.90. The van der Waals surface area contributed by atoms with Gasteiger partial charge in [-0.1, -0.05) is 17.7 Å². The van der Waals surface area contributed by atoms with E-state index >= 15 is 0 Å². The third-order valence-electron chi connectivity index (χ3n) is 2.47. The number of esters is 1. The van der Waals surface area contributed by atoms with E-state index in [1.54, 1.807) is 25.1 Å². The zero-order valence-corrected chi connectivity index (χ0v) is 10.9. The summed E-state index contributed by atoms with van der Waals surface area (Å²) in [7, 11) is 0. The third-order valence-corrected chi connectivity index (χ3v) is 2.77. The molecule has 0 saturated carbocycles. The summed E-state index contributed by atoms with van der Waals surface area (Å²) in [5.41, 5.74) is 1.14. The maximum atomic E-state index is 11.6. The molecular weight excluding hydrogens is 268 g/mol. The molecule has 0 aliphatic carbocycles. The normalized spacial score (nSPS) is 10.2. The molecule has 0 saturated heterocycles. The highest BCUT2D eigenvalue weighted by Crippen LogP contribution is 2.23. The molecule has 5 nitrogen and oxygen atoms in total. The summed E-state index contributed by atoms with van der Waals surface area (Å²) in [6.45, 7) is 2.01. The first-order valence-electron chi connectivity index (χ1n) is 5.63. The second kappa shape index (κ2) is 5.67. The van der Waals surface area contributed by atoms with Crippen LogP contribution in [0.1, 0.15) is 27.6 Å². The van der Waals surface area contributed by atoms with Crippen LogP contribution in [-0.2, 0) is 4.74 Å². The largest absolute Gasteiger partial charge is 0.462 e. The SMILES string of the molecule is CCOC(=O)c1cnn(-c2c(Cl)cccc2C=O)c1. The maximum absolute atomic E-state index is 11.6. The molecule has 2 aromatic rings. The number of halogens is 1. The molecule has 1 aromatic carbocycles. The molecule has 1 aromatic heterocycles. The number of rotatable bonds is 4. The molecule has 0 radical (unpaired) electrons.